The smallest absolute Gasteiger partial charge is 0.263 e. The van der Waals surface area contributed by atoms with Gasteiger partial charge in [-0.3, -0.25) is 4.79 Å². The van der Waals surface area contributed by atoms with Gasteiger partial charge in [0.15, 0.2) is 6.10 Å². The van der Waals surface area contributed by atoms with Gasteiger partial charge in [-0.05, 0) is 67.8 Å². The second-order valence-electron chi connectivity index (χ2n) is 7.05. The molecule has 0 aliphatic carbocycles. The Balaban J connectivity index is 1.59. The average Bonchev–Trinajstić information content (AvgIpc) is 2.69. The highest BCUT2D eigenvalue weighted by Gasteiger charge is 2.28. The molecule has 5 heteroatoms. The van der Waals surface area contributed by atoms with Crippen LogP contribution in [0.5, 0.6) is 5.75 Å². The third kappa shape index (κ3) is 4.59. The monoisotopic (exact) mass is 370 g/mol. The Kier molecular flexibility index (Phi) is 5.99. The van der Waals surface area contributed by atoms with E-state index >= 15 is 0 Å². The van der Waals surface area contributed by atoms with Crippen LogP contribution in [0.1, 0.15) is 24.5 Å². The first-order valence-electron chi connectivity index (χ1n) is 9.51. The number of ether oxygens (including phenoxy) is 1. The lowest BCUT2D eigenvalue weighted by atomic mass is 10.1. The normalized spacial score (nSPS) is 15.6. The maximum absolute atomic E-state index is 13.1. The summed E-state index contributed by atoms with van der Waals surface area (Å²) in [4.78, 5) is 17.0. The standard InChI is InChI=1S/C22H27FN2O2/c1-4-21(27-20-10-5-16(2)17(3)15-20)22(26)25-13-11-24(12-14-25)19-8-6-18(23)7-9-19/h5-10,15,21H,4,11-14H2,1-3H3/t21-/m1/s1. The number of carbonyl (C=O) groups excluding carboxylic acids is 1. The van der Waals surface area contributed by atoms with Crippen LogP contribution >= 0.6 is 0 Å². The van der Waals surface area contributed by atoms with E-state index in [1.54, 1.807) is 12.1 Å². The maximum Gasteiger partial charge on any atom is 0.263 e. The highest BCUT2D eigenvalue weighted by atomic mass is 19.1. The number of hydrogen-bond acceptors (Lipinski definition) is 3. The molecule has 1 fully saturated rings. The molecule has 1 aliphatic heterocycles. The van der Waals surface area contributed by atoms with E-state index in [1.807, 2.05) is 36.9 Å². The molecule has 1 atom stereocenters. The van der Waals surface area contributed by atoms with E-state index in [1.165, 1.54) is 17.7 Å². The van der Waals surface area contributed by atoms with E-state index in [2.05, 4.69) is 11.8 Å². The number of nitrogens with zero attached hydrogens (tertiary/aromatic N) is 2. The molecule has 3 rings (SSSR count). The summed E-state index contributed by atoms with van der Waals surface area (Å²) in [5.41, 5.74) is 3.35. The fraction of sp³-hybridized carbons (Fsp3) is 0.409. The molecule has 0 saturated carbocycles. The Bertz CT molecular complexity index is 783. The SMILES string of the molecule is CC[C@@H](Oc1ccc(C)c(C)c1)C(=O)N1CCN(c2ccc(F)cc2)CC1. The summed E-state index contributed by atoms with van der Waals surface area (Å²) < 4.78 is 19.1. The number of rotatable bonds is 5. The van der Waals surface area contributed by atoms with Gasteiger partial charge in [0, 0.05) is 31.9 Å². The molecule has 1 aliphatic rings. The van der Waals surface area contributed by atoms with Crippen LogP contribution in [-0.4, -0.2) is 43.1 Å². The van der Waals surface area contributed by atoms with Gasteiger partial charge in [0.1, 0.15) is 11.6 Å². The van der Waals surface area contributed by atoms with Gasteiger partial charge in [-0.2, -0.15) is 0 Å². The quantitative estimate of drug-likeness (QED) is 0.799. The van der Waals surface area contributed by atoms with E-state index < -0.39 is 6.10 Å². The molecule has 4 nitrogen and oxygen atoms in total. The van der Waals surface area contributed by atoms with E-state index in [0.29, 0.717) is 19.5 Å². The fourth-order valence-electron chi connectivity index (χ4n) is 3.30. The summed E-state index contributed by atoms with van der Waals surface area (Å²) in [7, 11) is 0. The summed E-state index contributed by atoms with van der Waals surface area (Å²) in [5.74, 6) is 0.541. The number of piperazine rings is 1. The maximum atomic E-state index is 13.1. The topological polar surface area (TPSA) is 32.8 Å². The van der Waals surface area contributed by atoms with Gasteiger partial charge in [0.05, 0.1) is 0 Å². The van der Waals surface area contributed by atoms with Crippen molar-refractivity contribution in [2.24, 2.45) is 0 Å². The number of hydrogen-bond donors (Lipinski definition) is 0. The molecule has 2 aromatic rings. The van der Waals surface area contributed by atoms with Crippen LogP contribution in [0, 0.1) is 19.7 Å². The third-order valence-electron chi connectivity index (χ3n) is 5.19. The van der Waals surface area contributed by atoms with E-state index in [-0.39, 0.29) is 11.7 Å². The Morgan fingerprint density at radius 3 is 2.30 bits per heavy atom. The van der Waals surface area contributed by atoms with Gasteiger partial charge in [0.2, 0.25) is 0 Å². The minimum absolute atomic E-state index is 0.0366. The second kappa shape index (κ2) is 8.42. The zero-order chi connectivity index (χ0) is 19.4. The van der Waals surface area contributed by atoms with Gasteiger partial charge in [0.25, 0.3) is 5.91 Å². The molecule has 2 aromatic carbocycles. The predicted octanol–water partition coefficient (Wildman–Crippen LogP) is 3.95. The highest BCUT2D eigenvalue weighted by molar-refractivity contribution is 5.81. The molecule has 144 valence electrons. The number of benzene rings is 2. The first kappa shape index (κ1) is 19.2. The number of carbonyl (C=O) groups is 1. The zero-order valence-corrected chi connectivity index (χ0v) is 16.2. The summed E-state index contributed by atoms with van der Waals surface area (Å²) in [6.45, 7) is 8.82. The Labute approximate surface area is 160 Å². The van der Waals surface area contributed by atoms with Crippen LogP contribution in [0.4, 0.5) is 10.1 Å². The zero-order valence-electron chi connectivity index (χ0n) is 16.2. The molecular formula is C22H27FN2O2. The third-order valence-corrected chi connectivity index (χ3v) is 5.19. The van der Waals surface area contributed by atoms with Crippen LogP contribution < -0.4 is 9.64 Å². The molecule has 1 heterocycles. The van der Waals surface area contributed by atoms with E-state index in [9.17, 15) is 9.18 Å². The molecule has 1 saturated heterocycles. The largest absolute Gasteiger partial charge is 0.481 e. The van der Waals surface area contributed by atoms with Crippen molar-refractivity contribution in [3.05, 3.63) is 59.4 Å². The summed E-state index contributed by atoms with van der Waals surface area (Å²) in [6.07, 6.45) is 0.161. The molecular weight excluding hydrogens is 343 g/mol. The van der Waals surface area contributed by atoms with Gasteiger partial charge < -0.3 is 14.5 Å². The van der Waals surface area contributed by atoms with Crippen LogP contribution in [0.3, 0.4) is 0 Å². The van der Waals surface area contributed by atoms with Crippen molar-refractivity contribution in [1.82, 2.24) is 4.90 Å². The van der Waals surface area contributed by atoms with E-state index in [0.717, 1.165) is 30.1 Å². The highest BCUT2D eigenvalue weighted by Crippen LogP contribution is 2.21. The molecule has 0 bridgehead atoms. The Morgan fingerprint density at radius 2 is 1.70 bits per heavy atom. The van der Waals surface area contributed by atoms with Crippen molar-refractivity contribution in [3.8, 4) is 5.75 Å². The molecule has 0 N–H and O–H groups in total. The molecule has 1 amide bonds. The van der Waals surface area contributed by atoms with Crippen LogP contribution in [0.25, 0.3) is 0 Å². The van der Waals surface area contributed by atoms with Crippen LogP contribution in [0.15, 0.2) is 42.5 Å². The van der Waals surface area contributed by atoms with Crippen LogP contribution in [-0.2, 0) is 4.79 Å². The Hall–Kier alpha value is -2.56. The predicted molar refractivity (Wildman–Crippen MR) is 106 cm³/mol. The first-order valence-corrected chi connectivity index (χ1v) is 9.51. The lowest BCUT2D eigenvalue weighted by Crippen LogP contribution is -2.52. The van der Waals surface area contributed by atoms with Gasteiger partial charge in [-0.1, -0.05) is 13.0 Å². The number of anilines is 1. The summed E-state index contributed by atoms with van der Waals surface area (Å²) in [5, 5.41) is 0. The minimum atomic E-state index is -0.468. The Morgan fingerprint density at radius 1 is 1.04 bits per heavy atom. The summed E-state index contributed by atoms with van der Waals surface area (Å²) in [6, 6.07) is 12.4. The van der Waals surface area contributed by atoms with Gasteiger partial charge in [-0.25, -0.2) is 4.39 Å². The van der Waals surface area contributed by atoms with Crippen molar-refractivity contribution in [1.29, 1.82) is 0 Å². The molecule has 0 spiro atoms. The number of amides is 1. The lowest BCUT2D eigenvalue weighted by Gasteiger charge is -2.37. The van der Waals surface area contributed by atoms with Gasteiger partial charge in [-0.15, -0.1) is 0 Å². The van der Waals surface area contributed by atoms with Crippen molar-refractivity contribution in [3.63, 3.8) is 0 Å². The molecule has 0 aromatic heterocycles. The first-order chi connectivity index (χ1) is 13.0. The average molecular weight is 370 g/mol. The van der Waals surface area contributed by atoms with E-state index in [4.69, 9.17) is 4.74 Å². The van der Waals surface area contributed by atoms with Crippen molar-refractivity contribution in [2.45, 2.75) is 33.3 Å². The molecule has 0 unspecified atom stereocenters. The van der Waals surface area contributed by atoms with Crippen LogP contribution in [0.2, 0.25) is 0 Å². The molecule has 27 heavy (non-hydrogen) atoms. The summed E-state index contributed by atoms with van der Waals surface area (Å²) >= 11 is 0. The van der Waals surface area contributed by atoms with Crippen molar-refractivity contribution < 1.29 is 13.9 Å². The second-order valence-corrected chi connectivity index (χ2v) is 7.05. The van der Waals surface area contributed by atoms with Crippen molar-refractivity contribution >= 4 is 11.6 Å². The fourth-order valence-corrected chi connectivity index (χ4v) is 3.30. The number of aryl methyl sites for hydroxylation is 2. The lowest BCUT2D eigenvalue weighted by molar-refractivity contribution is -0.139. The number of halogens is 1. The minimum Gasteiger partial charge on any atom is -0.481 e. The van der Waals surface area contributed by atoms with Crippen molar-refractivity contribution in [2.75, 3.05) is 31.1 Å². The molecule has 0 radical (unpaired) electrons. The van der Waals surface area contributed by atoms with Gasteiger partial charge >= 0.3 is 0 Å².